The molecule has 0 aliphatic rings. The molecule has 2 nitrogen and oxygen atoms in total. The molecule has 0 heterocycles. The molecule has 0 aliphatic heterocycles. The second-order valence-electron chi connectivity index (χ2n) is 6.89. The van der Waals surface area contributed by atoms with E-state index < -0.39 is 0 Å². The number of rotatable bonds is 20. The molecule has 0 N–H and O–H groups in total. The molecule has 0 radical (unpaired) electrons. The smallest absolute Gasteiger partial charge is 0.353 e. The number of unbranched alkanes of at least 4 members (excludes halogenated alkanes) is 10. The first-order valence-corrected chi connectivity index (χ1v) is 16.7. The second kappa shape index (κ2) is 22.5. The lowest BCUT2D eigenvalue weighted by Gasteiger charge is -2.19. The predicted molar refractivity (Wildman–Crippen MR) is 116 cm³/mol. The molecule has 0 rings (SSSR count). The van der Waals surface area contributed by atoms with E-state index in [0.29, 0.717) is 0 Å². The highest BCUT2D eigenvalue weighted by atomic mass is 127. The molecule has 0 aromatic heterocycles. The fourth-order valence-electron chi connectivity index (χ4n) is 2.81. The third-order valence-corrected chi connectivity index (χ3v) is 7.48. The average molecular weight is 465 g/mol. The minimum atomic E-state index is 0.0548. The molecule has 0 aliphatic carbocycles. The molecule has 0 unspecified atom stereocenters. The van der Waals surface area contributed by atoms with Crippen molar-refractivity contribution in [1.82, 2.24) is 0 Å². The van der Waals surface area contributed by atoms with Gasteiger partial charge in [0.15, 0.2) is 6.29 Å². The van der Waals surface area contributed by atoms with Crippen LogP contribution in [-0.4, -0.2) is 36.0 Å². The Hall–Kier alpha value is 1.42. The molecule has 0 aromatic carbocycles. The van der Waals surface area contributed by atoms with Crippen molar-refractivity contribution in [2.24, 2.45) is 0 Å². The van der Waals surface area contributed by atoms with E-state index in [-0.39, 0.29) is 22.8 Å². The number of hydrogen-bond donors (Lipinski definition) is 0. The van der Waals surface area contributed by atoms with Gasteiger partial charge in [0.2, 0.25) is 0 Å². The predicted octanol–water partition coefficient (Wildman–Crippen LogP) is 7.32. The highest BCUT2D eigenvalue weighted by Crippen LogP contribution is 2.13. The molecule has 142 valence electrons. The van der Waals surface area contributed by atoms with Gasteiger partial charge in [0.1, 0.15) is 0 Å². The van der Waals surface area contributed by atoms with Gasteiger partial charge < -0.3 is 28.3 Å². The third-order valence-electron chi connectivity index (χ3n) is 4.43. The molecule has 0 fully saturated rings. The Labute approximate surface area is 171 Å². The van der Waals surface area contributed by atoms with Gasteiger partial charge in [-0.1, -0.05) is 78.1 Å². The normalized spacial score (nSPS) is 11.2. The summed E-state index contributed by atoms with van der Waals surface area (Å²) < 4.78 is 13.6. The van der Waals surface area contributed by atoms with Gasteiger partial charge in [-0.3, -0.25) is 0 Å². The molecule has 0 aromatic rings. The second-order valence-corrected chi connectivity index (χ2v) is 11.2. The monoisotopic (exact) mass is 464 g/mol. The van der Waals surface area contributed by atoms with Gasteiger partial charge in [0, 0.05) is 13.2 Å². The maximum absolute atomic E-state index is 6.04. The van der Waals surface area contributed by atoms with Crippen molar-refractivity contribution in [1.29, 1.82) is 0 Å². The summed E-state index contributed by atoms with van der Waals surface area (Å²) in [6, 6.07) is 0. The Morgan fingerprint density at radius 2 is 1.17 bits per heavy atom. The van der Waals surface area contributed by atoms with Crippen LogP contribution in [0.3, 0.4) is 0 Å². The zero-order valence-electron chi connectivity index (χ0n) is 16.5. The molecular formula is C20H41IMgO2. The Balaban J connectivity index is 3.74. The van der Waals surface area contributed by atoms with E-state index in [4.69, 9.17) is 9.47 Å². The molecule has 0 amide bonds. The van der Waals surface area contributed by atoms with Gasteiger partial charge in [-0.2, -0.15) is 0 Å². The van der Waals surface area contributed by atoms with Crippen LogP contribution < -0.4 is 0 Å². The average Bonchev–Trinajstić information content (AvgIpc) is 2.60. The molecule has 0 bridgehead atoms. The van der Waals surface area contributed by atoms with Gasteiger partial charge in [0.25, 0.3) is 0 Å². The van der Waals surface area contributed by atoms with Gasteiger partial charge in [-0.05, 0) is 25.7 Å². The first kappa shape index (κ1) is 25.4. The number of hydrogen-bond acceptors (Lipinski definition) is 2. The quantitative estimate of drug-likeness (QED) is 0.0813. The molecule has 0 atom stereocenters. The fraction of sp³-hybridized carbons (Fsp3) is 1.00. The largest absolute Gasteiger partial charge is 0.463 e. The Bertz CT molecular complexity index is 214. The first-order chi connectivity index (χ1) is 11.8. The molecule has 0 saturated heterocycles. The Kier molecular flexibility index (Phi) is 23.8. The topological polar surface area (TPSA) is 18.5 Å². The van der Waals surface area contributed by atoms with E-state index in [1.807, 2.05) is 0 Å². The molecule has 0 spiro atoms. The maximum atomic E-state index is 6.04. The molecule has 4 heteroatoms. The standard InChI is InChI=1S/C20H41O2.HI.Mg/c1-4-7-10-12-15-18-21-20(17-14-9-6-3)22-19-16-13-11-8-5-2;;/h20H,3-19H2,1-2H3;1H;/q;;+1/p-1. The van der Waals surface area contributed by atoms with Crippen LogP contribution in [0.4, 0.5) is 0 Å². The molecule has 24 heavy (non-hydrogen) atoms. The lowest BCUT2D eigenvalue weighted by atomic mass is 10.1. The Morgan fingerprint density at radius 1 is 0.667 bits per heavy atom. The summed E-state index contributed by atoms with van der Waals surface area (Å²) in [5, 5.41) is 0. The van der Waals surface area contributed by atoms with Crippen molar-refractivity contribution in [3.63, 3.8) is 0 Å². The van der Waals surface area contributed by atoms with Crippen molar-refractivity contribution in [3.8, 4) is 0 Å². The summed E-state index contributed by atoms with van der Waals surface area (Å²) in [6.45, 7) is 6.29. The van der Waals surface area contributed by atoms with E-state index in [1.54, 1.807) is 0 Å². The van der Waals surface area contributed by atoms with Crippen LogP contribution in [0.25, 0.3) is 0 Å². The van der Waals surface area contributed by atoms with Crippen LogP contribution in [0.2, 0.25) is 4.55 Å². The van der Waals surface area contributed by atoms with Crippen molar-refractivity contribution in [2.45, 2.75) is 115 Å². The van der Waals surface area contributed by atoms with Gasteiger partial charge in [0.05, 0.1) is 0 Å². The van der Waals surface area contributed by atoms with Crippen LogP contribution in [0, 0.1) is 0 Å². The van der Waals surface area contributed by atoms with Crippen LogP contribution in [-0.2, 0) is 9.47 Å². The van der Waals surface area contributed by atoms with Crippen molar-refractivity contribution in [2.75, 3.05) is 13.2 Å². The number of ether oxygens (including phenoxy) is 2. The molecule has 0 saturated carbocycles. The van der Waals surface area contributed by atoms with Gasteiger partial charge in [-0.15, -0.1) is 4.55 Å². The summed E-state index contributed by atoms with van der Waals surface area (Å²) in [6.07, 6.45) is 18.2. The van der Waals surface area contributed by atoms with Crippen LogP contribution in [0.5, 0.6) is 0 Å². The summed E-state index contributed by atoms with van der Waals surface area (Å²) in [4.78, 5) is 0. The zero-order chi connectivity index (χ0) is 17.7. The zero-order valence-corrected chi connectivity index (χ0v) is 20.1. The van der Waals surface area contributed by atoms with Gasteiger partial charge in [-0.25, -0.2) is 0 Å². The van der Waals surface area contributed by atoms with Crippen LogP contribution in [0.15, 0.2) is 0 Å². The maximum Gasteiger partial charge on any atom is 0.463 e. The highest BCUT2D eigenvalue weighted by Gasteiger charge is 2.09. The summed E-state index contributed by atoms with van der Waals surface area (Å²) >= 11 is 2.83. The fourth-order valence-corrected chi connectivity index (χ4v) is 4.98. The van der Waals surface area contributed by atoms with Crippen molar-refractivity contribution in [3.05, 3.63) is 0 Å². The number of halogens is 1. The minimum Gasteiger partial charge on any atom is -0.353 e. The van der Waals surface area contributed by atoms with E-state index in [9.17, 15) is 0 Å². The summed E-state index contributed by atoms with van der Waals surface area (Å²) in [5.74, 6) is 0. The van der Waals surface area contributed by atoms with E-state index in [2.05, 4.69) is 32.7 Å². The van der Waals surface area contributed by atoms with E-state index in [0.717, 1.165) is 19.6 Å². The Morgan fingerprint density at radius 3 is 1.67 bits per heavy atom. The molecular weight excluding hydrogens is 423 g/mol. The summed E-state index contributed by atoms with van der Waals surface area (Å²) in [5.41, 5.74) is 0. The van der Waals surface area contributed by atoms with Crippen LogP contribution in [0.1, 0.15) is 104 Å². The lowest BCUT2D eigenvalue weighted by Crippen LogP contribution is -2.19. The van der Waals surface area contributed by atoms with E-state index in [1.165, 1.54) is 88.0 Å². The van der Waals surface area contributed by atoms with Crippen molar-refractivity contribution >= 4 is 35.3 Å². The third kappa shape index (κ3) is 19.7. The van der Waals surface area contributed by atoms with E-state index >= 15 is 0 Å². The van der Waals surface area contributed by atoms with Crippen LogP contribution >= 0.6 is 18.9 Å². The minimum absolute atomic E-state index is 0.0548. The van der Waals surface area contributed by atoms with Gasteiger partial charge >= 0.3 is 16.5 Å². The van der Waals surface area contributed by atoms with Crippen molar-refractivity contribution < 1.29 is 9.47 Å². The first-order valence-electron chi connectivity index (χ1n) is 10.6. The highest BCUT2D eigenvalue weighted by molar-refractivity contribution is 14.1. The lowest BCUT2D eigenvalue weighted by molar-refractivity contribution is -0.148. The summed E-state index contributed by atoms with van der Waals surface area (Å²) in [7, 11) is 0. The SMILES string of the molecule is CCCCCCCOC(CCCC[CH2][Mg][I])OCCCCCCC.